The maximum Gasteiger partial charge on any atom is 0.224 e. The lowest BCUT2D eigenvalue weighted by Crippen LogP contribution is -2.47. The Balaban J connectivity index is 1.96. The molecule has 1 aromatic rings. The van der Waals surface area contributed by atoms with E-state index in [1.54, 1.807) is 0 Å². The number of benzene rings is 1. The number of carbonyl (C=O) groups excluding carboxylic acids is 1. The summed E-state index contributed by atoms with van der Waals surface area (Å²) in [6, 6.07) is 7.73. The molecule has 3 unspecified atom stereocenters. The molecule has 1 aliphatic carbocycles. The van der Waals surface area contributed by atoms with E-state index >= 15 is 0 Å². The molecule has 0 aromatic heterocycles. The number of aliphatic hydroxyl groups excluding tert-OH is 1. The van der Waals surface area contributed by atoms with Gasteiger partial charge in [-0.2, -0.15) is 0 Å². The number of nitrogens with one attached hydrogen (secondary N) is 1. The maximum atomic E-state index is 12.3. The monoisotopic (exact) mass is 295 g/mol. The van der Waals surface area contributed by atoms with E-state index in [1.807, 2.05) is 38.1 Å². The van der Waals surface area contributed by atoms with Crippen LogP contribution in [0.3, 0.4) is 0 Å². The topological polar surface area (TPSA) is 49.3 Å². The lowest BCUT2D eigenvalue weighted by Gasteiger charge is -2.29. The fraction of sp³-hybridized carbons (Fsp3) is 0.562. The average Bonchev–Trinajstić information content (AvgIpc) is 3.19. The van der Waals surface area contributed by atoms with Crippen LogP contribution >= 0.6 is 11.6 Å². The highest BCUT2D eigenvalue weighted by atomic mass is 35.5. The van der Waals surface area contributed by atoms with Crippen molar-refractivity contribution in [3.8, 4) is 0 Å². The Morgan fingerprint density at radius 1 is 1.55 bits per heavy atom. The van der Waals surface area contributed by atoms with Gasteiger partial charge in [0.05, 0.1) is 0 Å². The highest BCUT2D eigenvalue weighted by molar-refractivity contribution is 6.30. The predicted octanol–water partition coefficient (Wildman–Crippen LogP) is 3.11. The normalized spacial score (nSPS) is 24.0. The molecule has 20 heavy (non-hydrogen) atoms. The zero-order valence-electron chi connectivity index (χ0n) is 12.0. The molecule has 0 saturated heterocycles. The highest BCUT2D eigenvalue weighted by Gasteiger charge is 2.45. The van der Waals surface area contributed by atoms with Gasteiger partial charge in [-0.15, -0.1) is 0 Å². The van der Waals surface area contributed by atoms with Gasteiger partial charge in [-0.1, -0.05) is 30.7 Å². The number of carbonyl (C=O) groups is 1. The van der Waals surface area contributed by atoms with Crippen LogP contribution in [-0.4, -0.2) is 23.2 Å². The first-order valence-corrected chi connectivity index (χ1v) is 7.55. The third kappa shape index (κ3) is 3.53. The van der Waals surface area contributed by atoms with Crippen LogP contribution in [0, 0.1) is 5.92 Å². The number of halogens is 1. The van der Waals surface area contributed by atoms with Crippen LogP contribution in [0.4, 0.5) is 0 Å². The smallest absolute Gasteiger partial charge is 0.224 e. The van der Waals surface area contributed by atoms with Crippen LogP contribution in [0.5, 0.6) is 0 Å². The average molecular weight is 296 g/mol. The third-order valence-corrected chi connectivity index (χ3v) is 4.51. The zero-order valence-corrected chi connectivity index (χ0v) is 12.8. The predicted molar refractivity (Wildman–Crippen MR) is 80.8 cm³/mol. The molecule has 1 amide bonds. The summed E-state index contributed by atoms with van der Waals surface area (Å²) in [5.41, 5.74) is 0.825. The van der Waals surface area contributed by atoms with Crippen molar-refractivity contribution < 1.29 is 9.90 Å². The Labute approximate surface area is 125 Å². The Morgan fingerprint density at radius 2 is 2.30 bits per heavy atom. The number of rotatable bonds is 6. The van der Waals surface area contributed by atoms with E-state index in [0.29, 0.717) is 11.4 Å². The summed E-state index contributed by atoms with van der Waals surface area (Å²) in [6.45, 7) is 4.10. The van der Waals surface area contributed by atoms with Crippen LogP contribution in [-0.2, 0) is 4.79 Å². The lowest BCUT2D eigenvalue weighted by atomic mass is 9.94. The standard InChI is InChI=1S/C16H22ClNO2/c1-3-16(2,7-8-19)18-15(20)14-10-13(14)11-5-4-6-12(17)9-11/h4-6,9,13-14,19H,3,7-8,10H2,1-2H3,(H,18,20). The van der Waals surface area contributed by atoms with E-state index in [0.717, 1.165) is 18.4 Å². The molecule has 1 saturated carbocycles. The summed E-state index contributed by atoms with van der Waals surface area (Å²) in [5.74, 6) is 0.412. The molecule has 0 aliphatic heterocycles. The molecule has 4 heteroatoms. The number of hydrogen-bond donors (Lipinski definition) is 2. The summed E-state index contributed by atoms with van der Waals surface area (Å²) < 4.78 is 0. The number of hydrogen-bond acceptors (Lipinski definition) is 2. The first-order chi connectivity index (χ1) is 9.49. The van der Waals surface area contributed by atoms with Crippen LogP contribution in [0.15, 0.2) is 24.3 Å². The molecule has 3 atom stereocenters. The van der Waals surface area contributed by atoms with Crippen molar-refractivity contribution in [2.75, 3.05) is 6.61 Å². The van der Waals surface area contributed by atoms with E-state index in [9.17, 15) is 4.79 Å². The van der Waals surface area contributed by atoms with Gasteiger partial charge in [0.25, 0.3) is 0 Å². The molecule has 0 heterocycles. The van der Waals surface area contributed by atoms with Gasteiger partial charge in [0.1, 0.15) is 0 Å². The molecule has 0 spiro atoms. The first-order valence-electron chi connectivity index (χ1n) is 7.17. The molecule has 0 bridgehead atoms. The van der Waals surface area contributed by atoms with Gasteiger partial charge in [0.2, 0.25) is 5.91 Å². The van der Waals surface area contributed by atoms with Crippen molar-refractivity contribution in [3.05, 3.63) is 34.9 Å². The van der Waals surface area contributed by atoms with Crippen LogP contribution in [0.1, 0.15) is 44.6 Å². The summed E-state index contributed by atoms with van der Waals surface area (Å²) in [7, 11) is 0. The Morgan fingerprint density at radius 3 is 2.90 bits per heavy atom. The molecular formula is C16H22ClNO2. The van der Waals surface area contributed by atoms with Crippen LogP contribution in [0.2, 0.25) is 5.02 Å². The molecule has 2 N–H and O–H groups in total. The Bertz CT molecular complexity index is 491. The molecule has 2 rings (SSSR count). The van der Waals surface area contributed by atoms with Gasteiger partial charge in [-0.3, -0.25) is 4.79 Å². The van der Waals surface area contributed by atoms with E-state index in [4.69, 9.17) is 16.7 Å². The minimum absolute atomic E-state index is 0.0398. The van der Waals surface area contributed by atoms with Crippen molar-refractivity contribution in [2.24, 2.45) is 5.92 Å². The summed E-state index contributed by atoms with van der Waals surface area (Å²) in [4.78, 5) is 12.3. The molecular weight excluding hydrogens is 274 g/mol. The third-order valence-electron chi connectivity index (χ3n) is 4.27. The van der Waals surface area contributed by atoms with Gasteiger partial charge in [-0.25, -0.2) is 0 Å². The molecule has 3 nitrogen and oxygen atoms in total. The Kier molecular flexibility index (Phi) is 4.71. The van der Waals surface area contributed by atoms with Crippen molar-refractivity contribution in [2.45, 2.75) is 44.6 Å². The molecule has 1 fully saturated rings. The minimum atomic E-state index is -0.312. The maximum absolute atomic E-state index is 12.3. The van der Waals surface area contributed by atoms with Gasteiger partial charge < -0.3 is 10.4 Å². The molecule has 0 radical (unpaired) electrons. The molecule has 1 aromatic carbocycles. The zero-order chi connectivity index (χ0) is 14.8. The van der Waals surface area contributed by atoms with E-state index < -0.39 is 0 Å². The Hall–Kier alpha value is -1.06. The fourth-order valence-electron chi connectivity index (χ4n) is 2.55. The van der Waals surface area contributed by atoms with Crippen molar-refractivity contribution in [1.82, 2.24) is 5.32 Å². The summed E-state index contributed by atoms with van der Waals surface area (Å²) >= 11 is 5.99. The van der Waals surface area contributed by atoms with Crippen LogP contribution < -0.4 is 5.32 Å². The van der Waals surface area contributed by atoms with Gasteiger partial charge >= 0.3 is 0 Å². The number of amides is 1. The van der Waals surface area contributed by atoms with E-state index in [2.05, 4.69) is 5.32 Å². The number of aliphatic hydroxyl groups is 1. The van der Waals surface area contributed by atoms with Crippen molar-refractivity contribution >= 4 is 17.5 Å². The first kappa shape index (κ1) is 15.3. The second kappa shape index (κ2) is 6.15. The van der Waals surface area contributed by atoms with E-state index in [1.165, 1.54) is 0 Å². The summed E-state index contributed by atoms with van der Waals surface area (Å²) in [5, 5.41) is 12.9. The molecule has 1 aliphatic rings. The van der Waals surface area contributed by atoms with Gasteiger partial charge in [-0.05, 0) is 49.8 Å². The van der Waals surface area contributed by atoms with Crippen LogP contribution in [0.25, 0.3) is 0 Å². The summed E-state index contributed by atoms with van der Waals surface area (Å²) in [6.07, 6.45) is 2.28. The second-order valence-corrected chi connectivity index (χ2v) is 6.32. The second-order valence-electron chi connectivity index (χ2n) is 5.88. The van der Waals surface area contributed by atoms with E-state index in [-0.39, 0.29) is 29.9 Å². The largest absolute Gasteiger partial charge is 0.396 e. The fourth-order valence-corrected chi connectivity index (χ4v) is 2.75. The lowest BCUT2D eigenvalue weighted by molar-refractivity contribution is -0.124. The van der Waals surface area contributed by atoms with Gasteiger partial charge in [0.15, 0.2) is 0 Å². The quantitative estimate of drug-likeness (QED) is 0.847. The van der Waals surface area contributed by atoms with Crippen molar-refractivity contribution in [1.29, 1.82) is 0 Å². The molecule has 110 valence electrons. The highest BCUT2D eigenvalue weighted by Crippen LogP contribution is 2.48. The van der Waals surface area contributed by atoms with Crippen molar-refractivity contribution in [3.63, 3.8) is 0 Å². The van der Waals surface area contributed by atoms with Gasteiger partial charge in [0, 0.05) is 23.1 Å². The SMILES string of the molecule is CCC(C)(CCO)NC(=O)C1CC1c1cccc(Cl)c1. The minimum Gasteiger partial charge on any atom is -0.396 e.